The van der Waals surface area contributed by atoms with Gasteiger partial charge in [0.15, 0.2) is 0 Å². The number of carbonyl (C=O) groups is 1. The monoisotopic (exact) mass is 316 g/mol. The zero-order chi connectivity index (χ0) is 13.4. The van der Waals surface area contributed by atoms with Crippen LogP contribution in [0.5, 0.6) is 0 Å². The number of hydrogen-bond donors (Lipinski definition) is 1. The van der Waals surface area contributed by atoms with Gasteiger partial charge in [0.1, 0.15) is 0 Å². The van der Waals surface area contributed by atoms with Crippen LogP contribution in [0.1, 0.15) is 26.7 Å². The van der Waals surface area contributed by atoms with Crippen molar-refractivity contribution >= 4 is 25.4 Å². The predicted molar refractivity (Wildman–Crippen MR) is 73.1 cm³/mol. The van der Waals surface area contributed by atoms with Crippen molar-refractivity contribution in [2.45, 2.75) is 37.6 Å². The molecular formula is C14H20O3Se. The standard InChI is InChI=1S/C14H20O3Se/c1-3-13(12(15)10-14(16)17-4-2)18-11-8-6-5-7-9-11/h5-9,12-13,15H,3-4,10H2,1-2H3/t12?,13-/m1/s1. The van der Waals surface area contributed by atoms with Gasteiger partial charge in [0.25, 0.3) is 0 Å². The van der Waals surface area contributed by atoms with Gasteiger partial charge in [0.05, 0.1) is 0 Å². The zero-order valence-corrected chi connectivity index (χ0v) is 12.5. The molecule has 1 N–H and O–H groups in total. The third-order valence-corrected chi connectivity index (χ3v) is 5.68. The Labute approximate surface area is 115 Å². The van der Waals surface area contributed by atoms with Crippen molar-refractivity contribution in [2.24, 2.45) is 0 Å². The zero-order valence-electron chi connectivity index (χ0n) is 10.8. The molecular weight excluding hydrogens is 295 g/mol. The summed E-state index contributed by atoms with van der Waals surface area (Å²) in [5.74, 6) is -0.313. The number of aliphatic hydroxyl groups is 1. The van der Waals surface area contributed by atoms with E-state index in [1.165, 1.54) is 4.46 Å². The van der Waals surface area contributed by atoms with Gasteiger partial charge in [0.2, 0.25) is 0 Å². The SMILES string of the molecule is CCOC(=O)CC(O)[C@@H](CC)[Se]c1ccccc1. The first kappa shape index (κ1) is 15.2. The molecule has 0 saturated carbocycles. The van der Waals surface area contributed by atoms with Crippen molar-refractivity contribution in [3.63, 3.8) is 0 Å². The minimum atomic E-state index is -0.603. The normalized spacial score (nSPS) is 13.9. The van der Waals surface area contributed by atoms with Crippen LogP contribution in [0, 0.1) is 0 Å². The third kappa shape index (κ3) is 5.21. The van der Waals surface area contributed by atoms with Crippen LogP contribution < -0.4 is 4.46 Å². The van der Waals surface area contributed by atoms with E-state index in [9.17, 15) is 9.90 Å². The van der Waals surface area contributed by atoms with Crippen molar-refractivity contribution in [1.29, 1.82) is 0 Å². The second-order valence-corrected chi connectivity index (χ2v) is 6.71. The van der Waals surface area contributed by atoms with Gasteiger partial charge in [-0.3, -0.25) is 0 Å². The molecule has 0 radical (unpaired) electrons. The molecule has 0 heterocycles. The maximum absolute atomic E-state index is 11.4. The molecule has 2 atom stereocenters. The second kappa shape index (κ2) is 8.30. The van der Waals surface area contributed by atoms with E-state index in [-0.39, 0.29) is 32.2 Å². The van der Waals surface area contributed by atoms with Crippen molar-refractivity contribution < 1.29 is 14.6 Å². The fraction of sp³-hybridized carbons (Fsp3) is 0.500. The van der Waals surface area contributed by atoms with Crippen LogP contribution >= 0.6 is 0 Å². The molecule has 0 aliphatic rings. The number of benzene rings is 1. The number of esters is 1. The summed E-state index contributed by atoms with van der Waals surface area (Å²) >= 11 is 0.182. The van der Waals surface area contributed by atoms with Gasteiger partial charge < -0.3 is 0 Å². The van der Waals surface area contributed by atoms with E-state index in [1.807, 2.05) is 25.1 Å². The van der Waals surface area contributed by atoms with Gasteiger partial charge in [-0.2, -0.15) is 0 Å². The Morgan fingerprint density at radius 3 is 2.56 bits per heavy atom. The Morgan fingerprint density at radius 1 is 1.33 bits per heavy atom. The maximum atomic E-state index is 11.4. The van der Waals surface area contributed by atoms with Crippen LogP contribution in [0.25, 0.3) is 0 Å². The third-order valence-electron chi connectivity index (χ3n) is 2.54. The summed E-state index contributed by atoms with van der Waals surface area (Å²) in [5.41, 5.74) is 0. The van der Waals surface area contributed by atoms with E-state index in [0.29, 0.717) is 6.61 Å². The summed E-state index contributed by atoms with van der Waals surface area (Å²) < 4.78 is 6.12. The van der Waals surface area contributed by atoms with E-state index in [1.54, 1.807) is 6.92 Å². The van der Waals surface area contributed by atoms with E-state index >= 15 is 0 Å². The molecule has 0 amide bonds. The molecule has 1 unspecified atom stereocenters. The number of rotatable bonds is 7. The van der Waals surface area contributed by atoms with Gasteiger partial charge >= 0.3 is 115 Å². The molecule has 18 heavy (non-hydrogen) atoms. The molecule has 100 valence electrons. The Kier molecular flexibility index (Phi) is 7.02. The molecule has 1 aromatic carbocycles. The first-order valence-electron chi connectivity index (χ1n) is 6.22. The molecule has 4 heteroatoms. The Morgan fingerprint density at radius 2 is 2.00 bits per heavy atom. The van der Waals surface area contributed by atoms with Crippen molar-refractivity contribution in [2.75, 3.05) is 6.61 Å². The van der Waals surface area contributed by atoms with Crippen LogP contribution in [-0.4, -0.2) is 38.7 Å². The van der Waals surface area contributed by atoms with Gasteiger partial charge in [-0.05, 0) is 0 Å². The van der Waals surface area contributed by atoms with Crippen LogP contribution in [0.4, 0.5) is 0 Å². The van der Waals surface area contributed by atoms with Crippen LogP contribution in [0.3, 0.4) is 0 Å². The van der Waals surface area contributed by atoms with Gasteiger partial charge in [-0.1, -0.05) is 0 Å². The average Bonchev–Trinajstić information content (AvgIpc) is 2.37. The fourth-order valence-corrected chi connectivity index (χ4v) is 3.90. The number of hydrogen-bond acceptors (Lipinski definition) is 3. The van der Waals surface area contributed by atoms with Crippen LogP contribution in [-0.2, 0) is 9.53 Å². The molecule has 0 aliphatic carbocycles. The van der Waals surface area contributed by atoms with Crippen molar-refractivity contribution in [3.05, 3.63) is 30.3 Å². The van der Waals surface area contributed by atoms with Crippen LogP contribution in [0.2, 0.25) is 4.82 Å². The topological polar surface area (TPSA) is 46.5 Å². The molecule has 0 fully saturated rings. The van der Waals surface area contributed by atoms with Crippen molar-refractivity contribution in [1.82, 2.24) is 0 Å². The summed E-state index contributed by atoms with van der Waals surface area (Å²) in [6, 6.07) is 10.1. The molecule has 0 bridgehead atoms. The quantitative estimate of drug-likeness (QED) is 0.613. The Balaban J connectivity index is 2.52. The molecule has 0 aromatic heterocycles. The number of ether oxygens (including phenoxy) is 1. The minimum absolute atomic E-state index is 0.0981. The van der Waals surface area contributed by atoms with E-state index in [2.05, 4.69) is 12.1 Å². The molecule has 0 aliphatic heterocycles. The van der Waals surface area contributed by atoms with Crippen LogP contribution in [0.15, 0.2) is 30.3 Å². The van der Waals surface area contributed by atoms with Gasteiger partial charge in [-0.15, -0.1) is 0 Å². The Bertz CT molecular complexity index is 353. The Hall–Kier alpha value is -0.831. The van der Waals surface area contributed by atoms with E-state index in [0.717, 1.165) is 6.42 Å². The summed E-state index contributed by atoms with van der Waals surface area (Å²) in [6.45, 7) is 4.19. The molecule has 0 saturated heterocycles. The van der Waals surface area contributed by atoms with Crippen molar-refractivity contribution in [3.8, 4) is 0 Å². The second-order valence-electron chi connectivity index (χ2n) is 3.95. The van der Waals surface area contributed by atoms with Gasteiger partial charge in [-0.25, -0.2) is 0 Å². The summed E-state index contributed by atoms with van der Waals surface area (Å²) in [7, 11) is 0. The summed E-state index contributed by atoms with van der Waals surface area (Å²) in [5, 5.41) is 10.1. The molecule has 1 aromatic rings. The first-order valence-corrected chi connectivity index (χ1v) is 8.07. The van der Waals surface area contributed by atoms with E-state index in [4.69, 9.17) is 4.74 Å². The van der Waals surface area contributed by atoms with Gasteiger partial charge in [0, 0.05) is 0 Å². The number of aliphatic hydroxyl groups excluding tert-OH is 1. The average molecular weight is 315 g/mol. The first-order chi connectivity index (χ1) is 8.67. The summed E-state index contributed by atoms with van der Waals surface area (Å²) in [6.07, 6.45) is 0.366. The fourth-order valence-electron chi connectivity index (χ4n) is 1.63. The predicted octanol–water partition coefficient (Wildman–Crippen LogP) is 1.53. The summed E-state index contributed by atoms with van der Waals surface area (Å²) in [4.78, 5) is 11.5. The molecule has 1 rings (SSSR count). The number of carbonyl (C=O) groups excluding carboxylic acids is 1. The van der Waals surface area contributed by atoms with E-state index < -0.39 is 6.10 Å². The molecule has 3 nitrogen and oxygen atoms in total. The molecule has 0 spiro atoms.